The molecule has 0 saturated heterocycles. The van der Waals surface area contributed by atoms with Crippen molar-refractivity contribution in [3.05, 3.63) is 35.4 Å². The van der Waals surface area contributed by atoms with Crippen molar-refractivity contribution in [2.45, 2.75) is 12.6 Å². The van der Waals surface area contributed by atoms with Crippen molar-refractivity contribution >= 4 is 12.1 Å². The second-order valence-electron chi connectivity index (χ2n) is 3.39. The van der Waals surface area contributed by atoms with Gasteiger partial charge in [0, 0.05) is 18.3 Å². The van der Waals surface area contributed by atoms with E-state index >= 15 is 0 Å². The second kappa shape index (κ2) is 5.47. The zero-order chi connectivity index (χ0) is 12.9. The largest absolute Gasteiger partial charge is 0.390 e. The van der Waals surface area contributed by atoms with E-state index in [9.17, 15) is 18.0 Å². The zero-order valence-corrected chi connectivity index (χ0v) is 8.84. The van der Waals surface area contributed by atoms with Crippen LogP contribution in [0.1, 0.15) is 22.3 Å². The number of carbonyl (C=O) groups excluding carboxylic acids is 1. The van der Waals surface area contributed by atoms with Gasteiger partial charge in [0.2, 0.25) is 0 Å². The SMILES string of the molecule is N=Cc1ccc(C(=O)NCCC(F)(F)F)cc1. The summed E-state index contributed by atoms with van der Waals surface area (Å²) >= 11 is 0. The molecule has 3 nitrogen and oxygen atoms in total. The second-order valence-corrected chi connectivity index (χ2v) is 3.39. The molecule has 0 aliphatic rings. The molecule has 0 spiro atoms. The van der Waals surface area contributed by atoms with E-state index in [0.29, 0.717) is 5.56 Å². The van der Waals surface area contributed by atoms with E-state index in [1.54, 1.807) is 12.1 Å². The highest BCUT2D eigenvalue weighted by molar-refractivity contribution is 5.94. The lowest BCUT2D eigenvalue weighted by molar-refractivity contribution is -0.132. The number of nitrogens with one attached hydrogen (secondary N) is 2. The van der Waals surface area contributed by atoms with Crippen molar-refractivity contribution in [1.29, 1.82) is 5.41 Å². The molecule has 0 bridgehead atoms. The molecule has 0 atom stereocenters. The molecular formula is C11H11F3N2O. The van der Waals surface area contributed by atoms with Gasteiger partial charge in [0.15, 0.2) is 0 Å². The molecule has 0 unspecified atom stereocenters. The minimum Gasteiger partial charge on any atom is -0.352 e. The summed E-state index contributed by atoms with van der Waals surface area (Å²) in [5.74, 6) is -0.550. The number of hydrogen-bond donors (Lipinski definition) is 2. The third-order valence-electron chi connectivity index (χ3n) is 2.03. The maximum absolute atomic E-state index is 11.8. The molecule has 6 heteroatoms. The predicted octanol–water partition coefficient (Wildman–Crippen LogP) is 2.37. The third kappa shape index (κ3) is 4.67. The van der Waals surface area contributed by atoms with Crippen LogP contribution in [0.2, 0.25) is 0 Å². The van der Waals surface area contributed by atoms with Crippen LogP contribution in [-0.2, 0) is 0 Å². The van der Waals surface area contributed by atoms with Crippen molar-refractivity contribution in [2.75, 3.05) is 6.54 Å². The standard InChI is InChI=1S/C11H11F3N2O/c12-11(13,14)5-6-16-10(17)9-3-1-8(7-15)2-4-9/h1-4,7,15H,5-6H2,(H,16,17). The van der Waals surface area contributed by atoms with Gasteiger partial charge in [-0.05, 0) is 17.7 Å². The van der Waals surface area contributed by atoms with Crippen LogP contribution in [0.15, 0.2) is 24.3 Å². The van der Waals surface area contributed by atoms with Gasteiger partial charge in [-0.1, -0.05) is 12.1 Å². The van der Waals surface area contributed by atoms with E-state index in [0.717, 1.165) is 6.21 Å². The Kier molecular flexibility index (Phi) is 4.25. The molecule has 1 aromatic rings. The van der Waals surface area contributed by atoms with Crippen molar-refractivity contribution in [1.82, 2.24) is 5.32 Å². The van der Waals surface area contributed by atoms with Crippen LogP contribution in [0, 0.1) is 5.41 Å². The fraction of sp³-hybridized carbons (Fsp3) is 0.273. The predicted molar refractivity (Wildman–Crippen MR) is 57.3 cm³/mol. The zero-order valence-electron chi connectivity index (χ0n) is 8.84. The van der Waals surface area contributed by atoms with E-state index in [4.69, 9.17) is 5.41 Å². The maximum atomic E-state index is 11.8. The number of amides is 1. The molecule has 0 aliphatic carbocycles. The lowest BCUT2D eigenvalue weighted by atomic mass is 10.1. The minimum absolute atomic E-state index is 0.276. The average molecular weight is 244 g/mol. The van der Waals surface area contributed by atoms with Crippen molar-refractivity contribution < 1.29 is 18.0 Å². The fourth-order valence-corrected chi connectivity index (χ4v) is 1.15. The van der Waals surface area contributed by atoms with Crippen molar-refractivity contribution in [2.24, 2.45) is 0 Å². The van der Waals surface area contributed by atoms with Gasteiger partial charge in [0.1, 0.15) is 0 Å². The Labute approximate surface area is 96.1 Å². The molecule has 17 heavy (non-hydrogen) atoms. The highest BCUT2D eigenvalue weighted by Crippen LogP contribution is 2.18. The summed E-state index contributed by atoms with van der Waals surface area (Å²) in [5, 5.41) is 9.13. The summed E-state index contributed by atoms with van der Waals surface area (Å²) in [6.45, 7) is -0.436. The van der Waals surface area contributed by atoms with Gasteiger partial charge in [-0.15, -0.1) is 0 Å². The van der Waals surface area contributed by atoms with Crippen molar-refractivity contribution in [3.63, 3.8) is 0 Å². The summed E-state index contributed by atoms with van der Waals surface area (Å²) < 4.78 is 35.5. The molecule has 0 saturated carbocycles. The van der Waals surface area contributed by atoms with E-state index in [2.05, 4.69) is 5.32 Å². The first-order valence-electron chi connectivity index (χ1n) is 4.88. The van der Waals surface area contributed by atoms with Crippen LogP contribution < -0.4 is 5.32 Å². The van der Waals surface area contributed by atoms with Gasteiger partial charge < -0.3 is 10.7 Å². The maximum Gasteiger partial charge on any atom is 0.390 e. The van der Waals surface area contributed by atoms with E-state index in [1.165, 1.54) is 12.1 Å². The first-order chi connectivity index (χ1) is 7.92. The Hall–Kier alpha value is -1.85. The Morgan fingerprint density at radius 1 is 1.29 bits per heavy atom. The number of benzene rings is 1. The van der Waals surface area contributed by atoms with Crippen LogP contribution in [0.4, 0.5) is 13.2 Å². The van der Waals surface area contributed by atoms with Gasteiger partial charge >= 0.3 is 6.18 Å². The Bertz CT molecular complexity index is 398. The number of carbonyl (C=O) groups is 1. The summed E-state index contributed by atoms with van der Waals surface area (Å²) in [4.78, 5) is 11.4. The fourth-order valence-electron chi connectivity index (χ4n) is 1.15. The Morgan fingerprint density at radius 3 is 2.35 bits per heavy atom. The molecule has 2 N–H and O–H groups in total. The number of hydrogen-bond acceptors (Lipinski definition) is 2. The van der Waals surface area contributed by atoms with Gasteiger partial charge in [0.25, 0.3) is 5.91 Å². The quantitative estimate of drug-likeness (QED) is 0.785. The summed E-state index contributed by atoms with van der Waals surface area (Å²) in [6.07, 6.45) is -4.19. The lowest BCUT2D eigenvalue weighted by Gasteiger charge is -2.07. The first kappa shape index (κ1) is 13.2. The molecule has 0 aliphatic heterocycles. The topological polar surface area (TPSA) is 53.0 Å². The highest BCUT2D eigenvalue weighted by Gasteiger charge is 2.26. The molecular weight excluding hydrogens is 233 g/mol. The molecule has 0 aromatic heterocycles. The van der Waals surface area contributed by atoms with Gasteiger partial charge in [-0.2, -0.15) is 13.2 Å². The van der Waals surface area contributed by atoms with Crippen molar-refractivity contribution in [3.8, 4) is 0 Å². The lowest BCUT2D eigenvalue weighted by Crippen LogP contribution is -2.27. The van der Waals surface area contributed by atoms with E-state index in [-0.39, 0.29) is 5.56 Å². The summed E-state index contributed by atoms with van der Waals surface area (Å²) in [7, 11) is 0. The minimum atomic E-state index is -4.27. The molecule has 92 valence electrons. The highest BCUT2D eigenvalue weighted by atomic mass is 19.4. The molecule has 0 fully saturated rings. The van der Waals surface area contributed by atoms with Gasteiger partial charge in [-0.25, -0.2) is 0 Å². The van der Waals surface area contributed by atoms with Crippen LogP contribution in [0.3, 0.4) is 0 Å². The molecule has 0 heterocycles. The normalized spacial score (nSPS) is 11.0. The van der Waals surface area contributed by atoms with Crippen LogP contribution in [0.5, 0.6) is 0 Å². The van der Waals surface area contributed by atoms with Crippen LogP contribution in [0.25, 0.3) is 0 Å². The summed E-state index contributed by atoms with van der Waals surface area (Å²) in [5.41, 5.74) is 0.898. The molecule has 1 amide bonds. The molecule has 1 rings (SSSR count). The van der Waals surface area contributed by atoms with Crippen LogP contribution in [-0.4, -0.2) is 24.8 Å². The number of alkyl halides is 3. The molecule has 0 radical (unpaired) electrons. The summed E-state index contributed by atoms with van der Waals surface area (Å²) in [6, 6.07) is 6.02. The number of halogens is 3. The Balaban J connectivity index is 2.49. The smallest absolute Gasteiger partial charge is 0.352 e. The van der Waals surface area contributed by atoms with Gasteiger partial charge in [0.05, 0.1) is 6.42 Å². The average Bonchev–Trinajstić information content (AvgIpc) is 2.27. The monoisotopic (exact) mass is 244 g/mol. The number of rotatable bonds is 4. The Morgan fingerprint density at radius 2 is 1.88 bits per heavy atom. The first-order valence-corrected chi connectivity index (χ1v) is 4.88. The molecule has 1 aromatic carbocycles. The van der Waals surface area contributed by atoms with E-state index < -0.39 is 25.0 Å². The third-order valence-corrected chi connectivity index (χ3v) is 2.03. The van der Waals surface area contributed by atoms with Crippen LogP contribution >= 0.6 is 0 Å². The van der Waals surface area contributed by atoms with Gasteiger partial charge in [-0.3, -0.25) is 4.79 Å². The van der Waals surface area contributed by atoms with E-state index in [1.807, 2.05) is 0 Å².